The topological polar surface area (TPSA) is 86.8 Å². The van der Waals surface area contributed by atoms with E-state index in [-0.39, 0.29) is 23.4 Å². The molecule has 0 aromatic heterocycles. The van der Waals surface area contributed by atoms with Crippen LogP contribution in [0.5, 0.6) is 0 Å². The number of aryl methyl sites for hydroxylation is 2. The van der Waals surface area contributed by atoms with Crippen LogP contribution in [0, 0.1) is 19.7 Å². The van der Waals surface area contributed by atoms with Crippen LogP contribution in [0.4, 0.5) is 10.1 Å². The number of nitrogens with one attached hydrogen (secondary N) is 1. The maximum atomic E-state index is 14.1. The molecular formula is C31H38FN3O4S. The Morgan fingerprint density at radius 3 is 2.05 bits per heavy atom. The Kier molecular flexibility index (Phi) is 10.5. The van der Waals surface area contributed by atoms with Crippen molar-refractivity contribution in [3.63, 3.8) is 0 Å². The predicted octanol–water partition coefficient (Wildman–Crippen LogP) is 5.36. The average molecular weight is 568 g/mol. The van der Waals surface area contributed by atoms with Gasteiger partial charge >= 0.3 is 0 Å². The third kappa shape index (κ3) is 7.69. The summed E-state index contributed by atoms with van der Waals surface area (Å²) >= 11 is 0. The number of benzene rings is 3. The van der Waals surface area contributed by atoms with Crippen molar-refractivity contribution in [1.82, 2.24) is 10.2 Å². The zero-order valence-corrected chi connectivity index (χ0v) is 24.5. The number of rotatable bonds is 12. The zero-order valence-electron chi connectivity index (χ0n) is 23.7. The largest absolute Gasteiger partial charge is 0.352 e. The summed E-state index contributed by atoms with van der Waals surface area (Å²) in [7, 11) is -4.13. The lowest BCUT2D eigenvalue weighted by Crippen LogP contribution is -2.53. The molecule has 0 fully saturated rings. The molecule has 1 N–H and O–H groups in total. The summed E-state index contributed by atoms with van der Waals surface area (Å²) < 4.78 is 42.5. The molecule has 0 aliphatic rings. The van der Waals surface area contributed by atoms with Gasteiger partial charge in [0.05, 0.1) is 10.6 Å². The van der Waals surface area contributed by atoms with Crippen molar-refractivity contribution < 1.29 is 22.4 Å². The molecule has 7 nitrogen and oxygen atoms in total. The molecule has 2 amide bonds. The van der Waals surface area contributed by atoms with Gasteiger partial charge in [-0.05, 0) is 86.7 Å². The Morgan fingerprint density at radius 2 is 1.50 bits per heavy atom. The van der Waals surface area contributed by atoms with Gasteiger partial charge in [0.25, 0.3) is 10.0 Å². The van der Waals surface area contributed by atoms with Crippen LogP contribution in [0.3, 0.4) is 0 Å². The summed E-state index contributed by atoms with van der Waals surface area (Å²) in [6.45, 7) is 8.84. The number of anilines is 1. The monoisotopic (exact) mass is 567 g/mol. The molecular weight excluding hydrogens is 529 g/mol. The van der Waals surface area contributed by atoms with E-state index in [9.17, 15) is 22.4 Å². The van der Waals surface area contributed by atoms with Gasteiger partial charge in [-0.15, -0.1) is 0 Å². The van der Waals surface area contributed by atoms with E-state index in [1.807, 2.05) is 33.8 Å². The highest BCUT2D eigenvalue weighted by molar-refractivity contribution is 7.92. The molecule has 0 aliphatic carbocycles. The van der Waals surface area contributed by atoms with Crippen LogP contribution >= 0.6 is 0 Å². The minimum absolute atomic E-state index is 0.0115. The van der Waals surface area contributed by atoms with E-state index in [1.165, 1.54) is 29.2 Å². The normalized spacial score (nSPS) is 12.8. The molecule has 40 heavy (non-hydrogen) atoms. The van der Waals surface area contributed by atoms with Gasteiger partial charge in [-0.25, -0.2) is 12.8 Å². The van der Waals surface area contributed by atoms with Crippen molar-refractivity contribution >= 4 is 27.5 Å². The van der Waals surface area contributed by atoms with Crippen molar-refractivity contribution in [3.8, 4) is 0 Å². The summed E-state index contributed by atoms with van der Waals surface area (Å²) in [5.74, 6) is -1.29. The smallest absolute Gasteiger partial charge is 0.264 e. The van der Waals surface area contributed by atoms with E-state index < -0.39 is 34.3 Å². The molecule has 0 spiro atoms. The predicted molar refractivity (Wildman–Crippen MR) is 156 cm³/mol. The SMILES string of the molecule is CCC(C)NC(=O)C(CC)N(Cc1ccc(F)cc1)C(=O)CN(c1cc(C)cc(C)c1)S(=O)(=O)c1ccccc1. The maximum Gasteiger partial charge on any atom is 0.264 e. The van der Waals surface area contributed by atoms with E-state index in [2.05, 4.69) is 5.32 Å². The zero-order chi connectivity index (χ0) is 29.4. The molecule has 0 aliphatic heterocycles. The van der Waals surface area contributed by atoms with Crippen LogP contribution in [0.25, 0.3) is 0 Å². The van der Waals surface area contributed by atoms with Gasteiger partial charge in [-0.1, -0.05) is 50.2 Å². The average Bonchev–Trinajstić information content (AvgIpc) is 2.92. The minimum Gasteiger partial charge on any atom is -0.352 e. The molecule has 0 bridgehead atoms. The number of amides is 2. The Hall–Kier alpha value is -3.72. The van der Waals surface area contributed by atoms with E-state index in [1.54, 1.807) is 49.4 Å². The van der Waals surface area contributed by atoms with E-state index in [0.29, 0.717) is 24.1 Å². The minimum atomic E-state index is -4.13. The molecule has 0 saturated carbocycles. The number of hydrogen-bond acceptors (Lipinski definition) is 4. The van der Waals surface area contributed by atoms with Gasteiger partial charge in [0, 0.05) is 12.6 Å². The molecule has 3 rings (SSSR count). The number of hydrogen-bond donors (Lipinski definition) is 1. The molecule has 0 radical (unpaired) electrons. The Balaban J connectivity index is 2.07. The van der Waals surface area contributed by atoms with Crippen molar-refractivity contribution in [2.75, 3.05) is 10.8 Å². The lowest BCUT2D eigenvalue weighted by atomic mass is 10.1. The number of halogens is 1. The molecule has 2 atom stereocenters. The summed E-state index contributed by atoms with van der Waals surface area (Å²) in [6, 6.07) is 18.0. The van der Waals surface area contributed by atoms with Crippen LogP contribution in [-0.2, 0) is 26.2 Å². The van der Waals surface area contributed by atoms with Gasteiger partial charge in [-0.3, -0.25) is 13.9 Å². The second-order valence-electron chi connectivity index (χ2n) is 10.1. The highest BCUT2D eigenvalue weighted by atomic mass is 32.2. The van der Waals surface area contributed by atoms with Gasteiger partial charge < -0.3 is 10.2 Å². The van der Waals surface area contributed by atoms with Crippen molar-refractivity contribution in [3.05, 3.63) is 95.3 Å². The van der Waals surface area contributed by atoms with Crippen LogP contribution in [0.15, 0.2) is 77.7 Å². The lowest BCUT2D eigenvalue weighted by Gasteiger charge is -2.34. The van der Waals surface area contributed by atoms with Crippen molar-refractivity contribution in [1.29, 1.82) is 0 Å². The van der Waals surface area contributed by atoms with Crippen LogP contribution in [0.1, 0.15) is 50.3 Å². The quantitative estimate of drug-likeness (QED) is 0.319. The van der Waals surface area contributed by atoms with Crippen LogP contribution < -0.4 is 9.62 Å². The maximum absolute atomic E-state index is 14.1. The number of carbonyl (C=O) groups excluding carboxylic acids is 2. The first-order valence-corrected chi connectivity index (χ1v) is 14.9. The Labute approximate surface area is 237 Å². The first kappa shape index (κ1) is 30.8. The molecule has 9 heteroatoms. The van der Waals surface area contributed by atoms with Gasteiger partial charge in [0.15, 0.2) is 0 Å². The first-order chi connectivity index (χ1) is 19.0. The van der Waals surface area contributed by atoms with Gasteiger partial charge in [-0.2, -0.15) is 0 Å². The fraction of sp³-hybridized carbons (Fsp3) is 0.355. The highest BCUT2D eigenvalue weighted by Gasteiger charge is 2.34. The molecule has 2 unspecified atom stereocenters. The van der Waals surface area contributed by atoms with E-state index in [0.717, 1.165) is 15.4 Å². The molecule has 0 saturated heterocycles. The summed E-state index contributed by atoms with van der Waals surface area (Å²) in [6.07, 6.45) is 1.02. The summed E-state index contributed by atoms with van der Waals surface area (Å²) in [4.78, 5) is 28.8. The second-order valence-corrected chi connectivity index (χ2v) is 11.9. The Bertz CT molecular complexity index is 1390. The summed E-state index contributed by atoms with van der Waals surface area (Å²) in [5.41, 5.74) is 2.67. The number of carbonyl (C=O) groups is 2. The fourth-order valence-corrected chi connectivity index (χ4v) is 5.91. The summed E-state index contributed by atoms with van der Waals surface area (Å²) in [5, 5.41) is 2.94. The van der Waals surface area contributed by atoms with E-state index >= 15 is 0 Å². The van der Waals surface area contributed by atoms with Gasteiger partial charge in [0.1, 0.15) is 18.4 Å². The van der Waals surface area contributed by atoms with E-state index in [4.69, 9.17) is 0 Å². The second kappa shape index (κ2) is 13.6. The van der Waals surface area contributed by atoms with Gasteiger partial charge in [0.2, 0.25) is 11.8 Å². The first-order valence-electron chi connectivity index (χ1n) is 13.5. The third-order valence-corrected chi connectivity index (χ3v) is 8.55. The van der Waals surface area contributed by atoms with Crippen LogP contribution in [-0.4, -0.2) is 43.8 Å². The molecule has 214 valence electrons. The molecule has 0 heterocycles. The standard InChI is InChI=1S/C31H38FN3O4S/c1-6-24(5)33-31(37)29(7-2)34(20-25-13-15-26(32)16-14-25)30(36)21-35(27-18-22(3)17-23(4)19-27)40(38,39)28-11-9-8-10-12-28/h8-19,24,29H,6-7,20-21H2,1-5H3,(H,33,37). The third-order valence-electron chi connectivity index (χ3n) is 6.76. The molecule has 3 aromatic carbocycles. The Morgan fingerprint density at radius 1 is 0.900 bits per heavy atom. The van der Waals surface area contributed by atoms with Crippen molar-refractivity contribution in [2.45, 2.75) is 71.0 Å². The fourth-order valence-electron chi connectivity index (χ4n) is 4.49. The van der Waals surface area contributed by atoms with Crippen LogP contribution in [0.2, 0.25) is 0 Å². The number of sulfonamides is 1. The lowest BCUT2D eigenvalue weighted by molar-refractivity contribution is -0.140. The highest BCUT2D eigenvalue weighted by Crippen LogP contribution is 2.27. The van der Waals surface area contributed by atoms with Crippen molar-refractivity contribution in [2.24, 2.45) is 0 Å². The number of nitrogens with zero attached hydrogens (tertiary/aromatic N) is 2. The molecule has 3 aromatic rings.